The Labute approximate surface area is 85.5 Å². The summed E-state index contributed by atoms with van der Waals surface area (Å²) in [6.45, 7) is 1.96. The van der Waals surface area contributed by atoms with Crippen LogP contribution in [0.25, 0.3) is 0 Å². The summed E-state index contributed by atoms with van der Waals surface area (Å²) in [5.41, 5.74) is 0. The molecule has 0 spiro atoms. The van der Waals surface area contributed by atoms with Crippen LogP contribution in [-0.4, -0.2) is 67.0 Å². The normalized spacial score (nSPS) is 32.1. The van der Waals surface area contributed by atoms with Crippen LogP contribution in [0.15, 0.2) is 0 Å². The molecule has 80 valence electrons. The highest BCUT2D eigenvalue weighted by Crippen LogP contribution is 2.27. The molecule has 3 rings (SSSR count). The highest BCUT2D eigenvalue weighted by Gasteiger charge is 2.39. The smallest absolute Gasteiger partial charge is 0.319 e. The first-order valence-corrected chi connectivity index (χ1v) is 5.27. The van der Waals surface area contributed by atoms with E-state index in [-0.39, 0.29) is 6.03 Å². The Morgan fingerprint density at radius 2 is 1.86 bits per heavy atom. The second kappa shape index (κ2) is 3.42. The lowest BCUT2D eigenvalue weighted by molar-refractivity contribution is 0.0105. The van der Waals surface area contributed by atoms with Gasteiger partial charge in [-0.1, -0.05) is 0 Å². The van der Waals surface area contributed by atoms with Gasteiger partial charge in [-0.3, -0.25) is 4.90 Å². The van der Waals surface area contributed by atoms with Crippen molar-refractivity contribution in [2.45, 2.75) is 24.9 Å². The van der Waals surface area contributed by atoms with E-state index in [9.17, 15) is 4.79 Å². The zero-order chi connectivity index (χ0) is 10.3. The van der Waals surface area contributed by atoms with Crippen molar-refractivity contribution in [2.24, 2.45) is 0 Å². The minimum Gasteiger partial charge on any atom is -0.331 e. The van der Waals surface area contributed by atoms with Gasteiger partial charge in [-0.25, -0.2) is 4.79 Å². The first-order chi connectivity index (χ1) is 6.59. The van der Waals surface area contributed by atoms with Crippen LogP contribution >= 0.6 is 0 Å². The summed E-state index contributed by atoms with van der Waals surface area (Å²) in [5.74, 6) is 0. The lowest BCUT2D eigenvalue weighted by atomic mass is 9.92. The Bertz CT molecular complexity index is 242. The van der Waals surface area contributed by atoms with Crippen molar-refractivity contribution in [2.75, 3.05) is 34.2 Å². The zero-order valence-electron chi connectivity index (χ0n) is 9.23. The van der Waals surface area contributed by atoms with E-state index in [1.807, 2.05) is 19.0 Å². The van der Waals surface area contributed by atoms with E-state index in [1.165, 1.54) is 12.8 Å². The Hall–Kier alpha value is -0.770. The fourth-order valence-electron chi connectivity index (χ4n) is 2.53. The van der Waals surface area contributed by atoms with Gasteiger partial charge in [0.15, 0.2) is 0 Å². The van der Waals surface area contributed by atoms with Gasteiger partial charge in [0.1, 0.15) is 0 Å². The predicted octanol–water partition coefficient (Wildman–Crippen LogP) is 0.446. The molecule has 0 N–H and O–H groups in total. The molecule has 4 heteroatoms. The number of fused-ring (bicyclic) bond motifs is 3. The summed E-state index contributed by atoms with van der Waals surface area (Å²) in [4.78, 5) is 17.9. The maximum absolute atomic E-state index is 11.8. The van der Waals surface area contributed by atoms with E-state index < -0.39 is 0 Å². The molecule has 3 aliphatic heterocycles. The molecule has 14 heavy (non-hydrogen) atoms. The average molecular weight is 197 g/mol. The highest BCUT2D eigenvalue weighted by molar-refractivity contribution is 5.74. The molecule has 0 aromatic carbocycles. The summed E-state index contributed by atoms with van der Waals surface area (Å²) in [6, 6.07) is 1.21. The maximum atomic E-state index is 11.8. The van der Waals surface area contributed by atoms with Crippen molar-refractivity contribution < 1.29 is 4.79 Å². The van der Waals surface area contributed by atoms with Crippen LogP contribution < -0.4 is 0 Å². The first-order valence-electron chi connectivity index (χ1n) is 5.27. The molecule has 3 saturated heterocycles. The standard InChI is InChI=1S/C10H19N3O/c1-11(2)10(14)13-7-8-4-5-9(13)6-12(8)3/h8-9H,4-7H2,1-3H3. The molecular weight excluding hydrogens is 178 g/mol. The fraction of sp³-hybridized carbons (Fsp3) is 0.900. The van der Waals surface area contributed by atoms with Crippen molar-refractivity contribution in [1.82, 2.24) is 14.7 Å². The molecule has 2 atom stereocenters. The molecule has 0 aromatic heterocycles. The third-order valence-corrected chi connectivity index (χ3v) is 3.43. The maximum Gasteiger partial charge on any atom is 0.319 e. The molecule has 4 nitrogen and oxygen atoms in total. The number of hydrogen-bond donors (Lipinski definition) is 0. The van der Waals surface area contributed by atoms with Gasteiger partial charge in [0.05, 0.1) is 0 Å². The lowest BCUT2D eigenvalue weighted by Crippen LogP contribution is -2.64. The van der Waals surface area contributed by atoms with Crippen molar-refractivity contribution >= 4 is 6.03 Å². The van der Waals surface area contributed by atoms with Crippen LogP contribution in [-0.2, 0) is 0 Å². The number of urea groups is 1. The van der Waals surface area contributed by atoms with Gasteiger partial charge in [-0.05, 0) is 19.9 Å². The molecular formula is C10H19N3O. The molecule has 0 aromatic rings. The Balaban J connectivity index is 2.07. The Morgan fingerprint density at radius 1 is 1.21 bits per heavy atom. The van der Waals surface area contributed by atoms with Crippen LogP contribution in [0.3, 0.4) is 0 Å². The Morgan fingerprint density at radius 3 is 2.29 bits per heavy atom. The van der Waals surface area contributed by atoms with Gasteiger partial charge in [-0.15, -0.1) is 0 Å². The van der Waals surface area contributed by atoms with Gasteiger partial charge < -0.3 is 9.80 Å². The minimum absolute atomic E-state index is 0.174. The quantitative estimate of drug-likeness (QED) is 0.563. The molecule has 0 saturated carbocycles. The van der Waals surface area contributed by atoms with E-state index in [0.29, 0.717) is 12.1 Å². The number of carbonyl (C=O) groups excluding carboxylic acids is 1. The third-order valence-electron chi connectivity index (χ3n) is 3.43. The molecule has 2 amide bonds. The highest BCUT2D eigenvalue weighted by atomic mass is 16.2. The summed E-state index contributed by atoms with van der Waals surface area (Å²) < 4.78 is 0. The summed E-state index contributed by atoms with van der Waals surface area (Å²) in [7, 11) is 5.82. The van der Waals surface area contributed by atoms with Gasteiger partial charge in [0, 0.05) is 39.3 Å². The molecule has 3 fully saturated rings. The van der Waals surface area contributed by atoms with E-state index in [0.717, 1.165) is 13.1 Å². The number of carbonyl (C=O) groups is 1. The monoisotopic (exact) mass is 197 g/mol. The number of nitrogens with zero attached hydrogens (tertiary/aromatic N) is 3. The predicted molar refractivity (Wildman–Crippen MR) is 55.2 cm³/mol. The topological polar surface area (TPSA) is 26.8 Å². The zero-order valence-corrected chi connectivity index (χ0v) is 9.23. The summed E-state index contributed by atoms with van der Waals surface area (Å²) in [5, 5.41) is 0. The number of hydrogen-bond acceptors (Lipinski definition) is 2. The van der Waals surface area contributed by atoms with Gasteiger partial charge in [0.25, 0.3) is 0 Å². The van der Waals surface area contributed by atoms with Crippen LogP contribution in [0.1, 0.15) is 12.8 Å². The minimum atomic E-state index is 0.174. The van der Waals surface area contributed by atoms with E-state index in [2.05, 4.69) is 11.9 Å². The molecule has 2 unspecified atom stereocenters. The third kappa shape index (κ3) is 1.47. The van der Waals surface area contributed by atoms with Gasteiger partial charge in [-0.2, -0.15) is 0 Å². The van der Waals surface area contributed by atoms with Crippen molar-refractivity contribution in [1.29, 1.82) is 0 Å². The first kappa shape index (κ1) is 9.77. The average Bonchev–Trinajstić information content (AvgIpc) is 2.17. The number of likely N-dealkylation sites (N-methyl/N-ethyl adjacent to an activating group) is 1. The second-order valence-electron chi connectivity index (χ2n) is 4.65. The number of rotatable bonds is 0. The SMILES string of the molecule is CN(C)C(=O)N1CC2CCC1CN2C. The lowest BCUT2D eigenvalue weighted by Gasteiger charge is -2.50. The van der Waals surface area contributed by atoms with E-state index in [4.69, 9.17) is 0 Å². The Kier molecular flexibility index (Phi) is 2.39. The number of piperazine rings is 1. The van der Waals surface area contributed by atoms with E-state index >= 15 is 0 Å². The summed E-state index contributed by atoms with van der Waals surface area (Å²) in [6.07, 6.45) is 2.42. The van der Waals surface area contributed by atoms with Crippen molar-refractivity contribution in [3.8, 4) is 0 Å². The van der Waals surface area contributed by atoms with Crippen LogP contribution in [0.2, 0.25) is 0 Å². The molecule has 0 aliphatic carbocycles. The molecule has 2 bridgehead atoms. The second-order valence-corrected chi connectivity index (χ2v) is 4.65. The van der Waals surface area contributed by atoms with Crippen molar-refractivity contribution in [3.63, 3.8) is 0 Å². The van der Waals surface area contributed by atoms with Gasteiger partial charge >= 0.3 is 6.03 Å². The molecule has 3 aliphatic rings. The van der Waals surface area contributed by atoms with Crippen LogP contribution in [0.5, 0.6) is 0 Å². The summed E-state index contributed by atoms with van der Waals surface area (Å²) >= 11 is 0. The van der Waals surface area contributed by atoms with E-state index in [1.54, 1.807) is 4.90 Å². The van der Waals surface area contributed by atoms with Gasteiger partial charge in [0.2, 0.25) is 0 Å². The fourth-order valence-corrected chi connectivity index (χ4v) is 2.53. The number of amides is 2. The van der Waals surface area contributed by atoms with Crippen LogP contribution in [0.4, 0.5) is 4.79 Å². The molecule has 3 heterocycles. The van der Waals surface area contributed by atoms with Crippen molar-refractivity contribution in [3.05, 3.63) is 0 Å². The van der Waals surface area contributed by atoms with Crippen LogP contribution in [0, 0.1) is 0 Å². The number of piperidine rings is 2. The molecule has 0 radical (unpaired) electrons. The largest absolute Gasteiger partial charge is 0.331 e.